The quantitative estimate of drug-likeness (QED) is 0.727. The van der Waals surface area contributed by atoms with Crippen molar-refractivity contribution >= 4 is 0 Å². The maximum Gasteiger partial charge on any atom is 0.0600 e. The van der Waals surface area contributed by atoms with Crippen LogP contribution in [0.2, 0.25) is 0 Å². The number of nitrogens with zero attached hydrogens (tertiary/aromatic N) is 1. The average Bonchev–Trinajstić information content (AvgIpc) is 2.03. The largest absolute Gasteiger partial charge is 0.323 e. The van der Waals surface area contributed by atoms with E-state index in [2.05, 4.69) is 24.9 Å². The maximum absolute atomic E-state index is 5.88. The van der Waals surface area contributed by atoms with E-state index in [0.717, 1.165) is 12.1 Å². The van der Waals surface area contributed by atoms with Crippen LogP contribution in [0.4, 0.5) is 0 Å². The zero-order valence-corrected chi connectivity index (χ0v) is 7.96. The minimum atomic E-state index is 0.0885. The molecule has 0 aromatic carbocycles. The van der Waals surface area contributed by atoms with E-state index >= 15 is 0 Å². The van der Waals surface area contributed by atoms with E-state index in [1.165, 1.54) is 11.1 Å². The first kappa shape index (κ1) is 9.20. The van der Waals surface area contributed by atoms with Crippen LogP contribution in [-0.2, 0) is 0 Å². The highest BCUT2D eigenvalue weighted by atomic mass is 14.8. The summed E-state index contributed by atoms with van der Waals surface area (Å²) in [4.78, 5) is 4.32. The van der Waals surface area contributed by atoms with Crippen LogP contribution in [0.3, 0.4) is 0 Å². The molecule has 1 aromatic heterocycles. The van der Waals surface area contributed by atoms with Gasteiger partial charge in [0.05, 0.1) is 5.69 Å². The zero-order chi connectivity index (χ0) is 9.14. The second kappa shape index (κ2) is 3.68. The highest BCUT2D eigenvalue weighted by Gasteiger charge is 2.07. The van der Waals surface area contributed by atoms with Crippen molar-refractivity contribution in [3.63, 3.8) is 0 Å². The summed E-state index contributed by atoms with van der Waals surface area (Å²) >= 11 is 0. The van der Waals surface area contributed by atoms with Crippen molar-refractivity contribution in [1.29, 1.82) is 0 Å². The molecule has 66 valence electrons. The van der Waals surface area contributed by atoms with Crippen molar-refractivity contribution in [2.24, 2.45) is 5.73 Å². The summed E-state index contributed by atoms with van der Waals surface area (Å²) in [5.74, 6) is 0. The van der Waals surface area contributed by atoms with Crippen LogP contribution in [0.25, 0.3) is 0 Å². The smallest absolute Gasteiger partial charge is 0.0600 e. The molecule has 1 rings (SSSR count). The molecule has 1 atom stereocenters. The molecule has 0 bridgehead atoms. The zero-order valence-electron chi connectivity index (χ0n) is 7.96. The third-order valence-corrected chi connectivity index (χ3v) is 2.05. The number of pyridine rings is 1. The van der Waals surface area contributed by atoms with Crippen LogP contribution in [0.5, 0.6) is 0 Å². The van der Waals surface area contributed by atoms with Gasteiger partial charge in [-0.05, 0) is 31.4 Å². The first-order valence-corrected chi connectivity index (χ1v) is 4.34. The molecule has 2 heteroatoms. The standard InChI is InChI=1S/C10H16N2/c1-4-9(11)10-8(3)5-7(2)6-12-10/h5-6,9H,4,11H2,1-3H3/t9-/m1/s1. The Balaban J connectivity index is 3.01. The summed E-state index contributed by atoms with van der Waals surface area (Å²) in [6.07, 6.45) is 2.81. The Hall–Kier alpha value is -0.890. The molecular formula is C10H16N2. The van der Waals surface area contributed by atoms with Gasteiger partial charge in [-0.1, -0.05) is 13.0 Å². The number of aromatic nitrogens is 1. The van der Waals surface area contributed by atoms with Crippen LogP contribution in [0.15, 0.2) is 12.3 Å². The molecule has 12 heavy (non-hydrogen) atoms. The van der Waals surface area contributed by atoms with Crippen molar-refractivity contribution in [2.45, 2.75) is 33.2 Å². The van der Waals surface area contributed by atoms with Crippen LogP contribution in [0, 0.1) is 13.8 Å². The number of nitrogens with two attached hydrogens (primary N) is 1. The van der Waals surface area contributed by atoms with Crippen LogP contribution in [0.1, 0.15) is 36.2 Å². The SMILES string of the molecule is CC[C@@H](N)c1ncc(C)cc1C. The average molecular weight is 164 g/mol. The molecule has 0 amide bonds. The molecule has 0 unspecified atom stereocenters. The predicted octanol–water partition coefficient (Wildman–Crippen LogP) is 2.11. The highest BCUT2D eigenvalue weighted by molar-refractivity contribution is 5.25. The Labute approximate surface area is 73.8 Å². The topological polar surface area (TPSA) is 38.9 Å². The molecule has 0 saturated heterocycles. The summed E-state index contributed by atoms with van der Waals surface area (Å²) in [7, 11) is 0. The molecule has 0 fully saturated rings. The molecule has 0 aliphatic heterocycles. The molecule has 1 heterocycles. The van der Waals surface area contributed by atoms with Gasteiger partial charge in [-0.25, -0.2) is 0 Å². The van der Waals surface area contributed by atoms with E-state index in [4.69, 9.17) is 5.73 Å². The molecule has 0 aliphatic carbocycles. The first-order valence-electron chi connectivity index (χ1n) is 4.34. The Morgan fingerprint density at radius 1 is 1.50 bits per heavy atom. The summed E-state index contributed by atoms with van der Waals surface area (Å²) in [5.41, 5.74) is 9.31. The van der Waals surface area contributed by atoms with E-state index in [1.807, 2.05) is 13.1 Å². The van der Waals surface area contributed by atoms with Crippen molar-refractivity contribution in [3.8, 4) is 0 Å². The Kier molecular flexibility index (Phi) is 2.82. The minimum absolute atomic E-state index is 0.0885. The van der Waals surface area contributed by atoms with Gasteiger partial charge in [-0.3, -0.25) is 4.98 Å². The summed E-state index contributed by atoms with van der Waals surface area (Å²) in [6, 6.07) is 2.21. The maximum atomic E-state index is 5.88. The number of hydrogen-bond donors (Lipinski definition) is 1. The molecule has 0 spiro atoms. The Morgan fingerprint density at radius 2 is 2.17 bits per heavy atom. The third kappa shape index (κ3) is 1.83. The Bertz CT molecular complexity index is 269. The monoisotopic (exact) mass is 164 g/mol. The summed E-state index contributed by atoms with van der Waals surface area (Å²) in [5, 5.41) is 0. The van der Waals surface area contributed by atoms with Gasteiger partial charge in [0.15, 0.2) is 0 Å². The van der Waals surface area contributed by atoms with Gasteiger partial charge in [0.25, 0.3) is 0 Å². The second-order valence-corrected chi connectivity index (χ2v) is 3.23. The fourth-order valence-corrected chi connectivity index (χ4v) is 1.31. The van der Waals surface area contributed by atoms with Crippen LogP contribution in [-0.4, -0.2) is 4.98 Å². The van der Waals surface area contributed by atoms with E-state index in [-0.39, 0.29) is 6.04 Å². The third-order valence-electron chi connectivity index (χ3n) is 2.05. The molecule has 1 aromatic rings. The first-order chi connectivity index (χ1) is 5.65. The molecule has 2 nitrogen and oxygen atoms in total. The van der Waals surface area contributed by atoms with E-state index in [9.17, 15) is 0 Å². The molecule has 2 N–H and O–H groups in total. The lowest BCUT2D eigenvalue weighted by molar-refractivity contribution is 0.669. The van der Waals surface area contributed by atoms with Gasteiger partial charge in [-0.2, -0.15) is 0 Å². The van der Waals surface area contributed by atoms with Gasteiger partial charge < -0.3 is 5.73 Å². The number of hydrogen-bond acceptors (Lipinski definition) is 2. The fraction of sp³-hybridized carbons (Fsp3) is 0.500. The van der Waals surface area contributed by atoms with Gasteiger partial charge in [0.1, 0.15) is 0 Å². The van der Waals surface area contributed by atoms with Crippen LogP contribution < -0.4 is 5.73 Å². The lowest BCUT2D eigenvalue weighted by Crippen LogP contribution is -2.12. The van der Waals surface area contributed by atoms with E-state index in [1.54, 1.807) is 0 Å². The lowest BCUT2D eigenvalue weighted by Gasteiger charge is -2.11. The van der Waals surface area contributed by atoms with Crippen molar-refractivity contribution in [3.05, 3.63) is 29.1 Å². The van der Waals surface area contributed by atoms with Gasteiger partial charge in [0, 0.05) is 12.2 Å². The van der Waals surface area contributed by atoms with Crippen molar-refractivity contribution in [1.82, 2.24) is 4.98 Å². The fourth-order valence-electron chi connectivity index (χ4n) is 1.31. The van der Waals surface area contributed by atoms with E-state index in [0.29, 0.717) is 0 Å². The summed E-state index contributed by atoms with van der Waals surface area (Å²) < 4.78 is 0. The Morgan fingerprint density at radius 3 is 2.67 bits per heavy atom. The lowest BCUT2D eigenvalue weighted by atomic mass is 10.1. The van der Waals surface area contributed by atoms with Gasteiger partial charge in [0.2, 0.25) is 0 Å². The molecule has 0 aliphatic rings. The normalized spacial score (nSPS) is 13.0. The predicted molar refractivity (Wildman–Crippen MR) is 50.9 cm³/mol. The minimum Gasteiger partial charge on any atom is -0.323 e. The molecular weight excluding hydrogens is 148 g/mol. The van der Waals surface area contributed by atoms with E-state index < -0.39 is 0 Å². The van der Waals surface area contributed by atoms with Crippen molar-refractivity contribution in [2.75, 3.05) is 0 Å². The second-order valence-electron chi connectivity index (χ2n) is 3.23. The molecule has 0 radical (unpaired) electrons. The molecule has 0 saturated carbocycles. The summed E-state index contributed by atoms with van der Waals surface area (Å²) in [6.45, 7) is 6.18. The van der Waals surface area contributed by atoms with Crippen LogP contribution >= 0.6 is 0 Å². The van der Waals surface area contributed by atoms with Crippen molar-refractivity contribution < 1.29 is 0 Å². The number of aryl methyl sites for hydroxylation is 2. The number of rotatable bonds is 2. The van der Waals surface area contributed by atoms with Gasteiger partial charge >= 0.3 is 0 Å². The van der Waals surface area contributed by atoms with Gasteiger partial charge in [-0.15, -0.1) is 0 Å². The highest BCUT2D eigenvalue weighted by Crippen LogP contribution is 2.15.